The molecule has 1 aliphatic heterocycles. The Hall–Kier alpha value is -3.26. The molecule has 0 aliphatic carbocycles. The Balaban J connectivity index is 1.33. The zero-order valence-electron chi connectivity index (χ0n) is 16.3. The van der Waals surface area contributed by atoms with Crippen molar-refractivity contribution in [2.75, 3.05) is 11.9 Å². The molecule has 3 aromatic rings. The zero-order chi connectivity index (χ0) is 21.6. The number of nitrogens with zero attached hydrogens (tertiary/aromatic N) is 2. The molecule has 1 saturated heterocycles. The Kier molecular flexibility index (Phi) is 6.57. The van der Waals surface area contributed by atoms with Crippen LogP contribution < -0.4 is 11.0 Å². The van der Waals surface area contributed by atoms with Gasteiger partial charge in [-0.05, 0) is 0 Å². The van der Waals surface area contributed by atoms with Crippen molar-refractivity contribution in [1.29, 1.82) is 0 Å². The maximum atomic E-state index is 12.4. The van der Waals surface area contributed by atoms with Crippen LogP contribution in [0.5, 0.6) is 0 Å². The summed E-state index contributed by atoms with van der Waals surface area (Å²) in [7, 11) is 0. The van der Waals surface area contributed by atoms with E-state index in [-0.39, 0.29) is 38.3 Å². The fraction of sp³-hybridized carbons (Fsp3) is 0.182. The van der Waals surface area contributed by atoms with Crippen molar-refractivity contribution in [3.05, 3.63) is 94.5 Å². The predicted octanol–water partition coefficient (Wildman–Crippen LogP) is 2.33. The Morgan fingerprint density at radius 1 is 1.06 bits per heavy atom. The number of aromatic nitrogens is 2. The first-order valence-corrected chi connectivity index (χ1v) is 11.7. The molecule has 2 aromatic carbocycles. The monoisotopic (exact) mass is 485 g/mol. The summed E-state index contributed by atoms with van der Waals surface area (Å²) in [5, 5.41) is 3.03. The van der Waals surface area contributed by atoms with Crippen LogP contribution in [0.1, 0.15) is 26.9 Å². The molecule has 1 aromatic heterocycles. The molecule has 0 radical (unpaired) electrons. The first-order valence-electron chi connectivity index (χ1n) is 9.55. The summed E-state index contributed by atoms with van der Waals surface area (Å²) in [6, 6.07) is 19.0. The second-order valence-corrected chi connectivity index (χ2v) is 9.14. The van der Waals surface area contributed by atoms with Crippen molar-refractivity contribution in [3.8, 4) is 0 Å². The van der Waals surface area contributed by atoms with E-state index in [0.717, 1.165) is 0 Å². The van der Waals surface area contributed by atoms with Gasteiger partial charge in [-0.15, -0.1) is 0 Å². The SMILES string of the molecule is O=C(Nc1ccn([C@H]2C[Se][C@@H](COC(=O)c3ccccc3)O2)c(=O)n1)c1ccccc1. The Morgan fingerprint density at radius 2 is 1.74 bits per heavy atom. The van der Waals surface area contributed by atoms with Crippen LogP contribution in [0.4, 0.5) is 5.82 Å². The Labute approximate surface area is 184 Å². The van der Waals surface area contributed by atoms with Crippen LogP contribution in [-0.4, -0.2) is 48.0 Å². The number of carbonyl (C=O) groups excluding carboxylic acids is 2. The summed E-state index contributed by atoms with van der Waals surface area (Å²) >= 11 is 0.0429. The van der Waals surface area contributed by atoms with Crippen LogP contribution in [0.3, 0.4) is 0 Å². The maximum absolute atomic E-state index is 12.4. The molecule has 31 heavy (non-hydrogen) atoms. The van der Waals surface area contributed by atoms with Gasteiger partial charge in [0.2, 0.25) is 0 Å². The van der Waals surface area contributed by atoms with Gasteiger partial charge in [-0.25, -0.2) is 0 Å². The van der Waals surface area contributed by atoms with E-state index in [0.29, 0.717) is 16.4 Å². The molecule has 4 rings (SSSR count). The second-order valence-electron chi connectivity index (χ2n) is 6.64. The van der Waals surface area contributed by atoms with Crippen LogP contribution in [0, 0.1) is 0 Å². The number of rotatable bonds is 6. The first kappa shape index (κ1) is 21.0. The number of hydrogen-bond acceptors (Lipinski definition) is 6. The third-order valence-corrected chi connectivity index (χ3v) is 6.81. The third-order valence-electron chi connectivity index (χ3n) is 4.51. The molecular formula is C22H19N3O5Se. The van der Waals surface area contributed by atoms with Gasteiger partial charge in [0, 0.05) is 0 Å². The van der Waals surface area contributed by atoms with Crippen LogP contribution in [-0.2, 0) is 9.47 Å². The number of nitrogens with one attached hydrogen (secondary N) is 1. The van der Waals surface area contributed by atoms with E-state index in [4.69, 9.17) is 9.47 Å². The van der Waals surface area contributed by atoms with E-state index in [9.17, 15) is 14.4 Å². The molecule has 158 valence electrons. The molecule has 1 aliphatic rings. The van der Waals surface area contributed by atoms with Crippen molar-refractivity contribution in [2.45, 2.75) is 16.5 Å². The first-order chi connectivity index (χ1) is 15.1. The summed E-state index contributed by atoms with van der Waals surface area (Å²) in [6.45, 7) is 0.137. The normalized spacial score (nSPS) is 17.8. The van der Waals surface area contributed by atoms with Crippen LogP contribution in [0.2, 0.25) is 5.32 Å². The fourth-order valence-electron chi connectivity index (χ4n) is 2.96. The van der Waals surface area contributed by atoms with Crippen LogP contribution in [0.15, 0.2) is 77.7 Å². The fourth-order valence-corrected chi connectivity index (χ4v) is 5.03. The number of esters is 1. The minimum absolute atomic E-state index is 0.0429. The topological polar surface area (TPSA) is 99.5 Å². The molecule has 9 heteroatoms. The number of carbonyl (C=O) groups is 2. The number of amides is 1. The second kappa shape index (κ2) is 9.70. The summed E-state index contributed by atoms with van der Waals surface area (Å²) in [5.41, 5.74) is 0.440. The van der Waals surface area contributed by atoms with Crippen molar-refractivity contribution in [1.82, 2.24) is 9.55 Å². The van der Waals surface area contributed by atoms with Gasteiger partial charge in [0.25, 0.3) is 0 Å². The predicted molar refractivity (Wildman–Crippen MR) is 114 cm³/mol. The quantitative estimate of drug-likeness (QED) is 0.426. The van der Waals surface area contributed by atoms with Gasteiger partial charge in [0.05, 0.1) is 0 Å². The minimum atomic E-state index is -0.520. The summed E-state index contributed by atoms with van der Waals surface area (Å²) in [5.74, 6) is -0.571. The number of hydrogen-bond donors (Lipinski definition) is 1. The van der Waals surface area contributed by atoms with Gasteiger partial charge < -0.3 is 0 Å². The Morgan fingerprint density at radius 3 is 2.42 bits per heavy atom. The number of ether oxygens (including phenoxy) is 2. The standard InChI is InChI=1S/C22H19N3O5Se/c26-20(15-7-3-1-4-8-15)23-17-11-12-25(22(28)24-17)18-14-31-19(30-18)13-29-21(27)16-9-5-2-6-10-16/h1-12,18-19H,13-14H2,(H,23,24,26,28)/t18-,19+/m1/s1. The Bertz CT molecular complexity index is 1120. The van der Waals surface area contributed by atoms with Gasteiger partial charge in [-0.1, -0.05) is 0 Å². The molecule has 2 heterocycles. The van der Waals surface area contributed by atoms with E-state index >= 15 is 0 Å². The van der Waals surface area contributed by atoms with Crippen LogP contribution in [0.25, 0.3) is 0 Å². The van der Waals surface area contributed by atoms with E-state index in [1.807, 2.05) is 12.1 Å². The van der Waals surface area contributed by atoms with Gasteiger partial charge >= 0.3 is 184 Å². The average Bonchev–Trinajstić information content (AvgIpc) is 3.27. The molecule has 0 unspecified atom stereocenters. The molecule has 0 bridgehead atoms. The zero-order valence-corrected chi connectivity index (χ0v) is 18.1. The molecule has 8 nitrogen and oxygen atoms in total. The molecule has 0 saturated carbocycles. The van der Waals surface area contributed by atoms with Crippen molar-refractivity contribution >= 4 is 32.7 Å². The van der Waals surface area contributed by atoms with Gasteiger partial charge in [0.15, 0.2) is 0 Å². The van der Waals surface area contributed by atoms with Gasteiger partial charge in [-0.2, -0.15) is 0 Å². The summed E-state index contributed by atoms with van der Waals surface area (Å²) in [6.07, 6.45) is 1.08. The van der Waals surface area contributed by atoms with Gasteiger partial charge in [-0.3, -0.25) is 0 Å². The van der Waals surface area contributed by atoms with E-state index in [1.165, 1.54) is 4.57 Å². The average molecular weight is 484 g/mol. The van der Waals surface area contributed by atoms with Crippen molar-refractivity contribution < 1.29 is 19.1 Å². The van der Waals surface area contributed by atoms with Crippen LogP contribution >= 0.6 is 0 Å². The third kappa shape index (κ3) is 5.27. The number of benzene rings is 2. The van der Waals surface area contributed by atoms with E-state index in [2.05, 4.69) is 10.3 Å². The molecule has 2 atom stereocenters. The number of anilines is 1. The van der Waals surface area contributed by atoms with Gasteiger partial charge in [0.1, 0.15) is 0 Å². The molecule has 1 N–H and O–H groups in total. The summed E-state index contributed by atoms with van der Waals surface area (Å²) in [4.78, 5) is 40.7. The van der Waals surface area contributed by atoms with E-state index in [1.54, 1.807) is 60.8 Å². The van der Waals surface area contributed by atoms with Crippen molar-refractivity contribution in [3.63, 3.8) is 0 Å². The summed E-state index contributed by atoms with van der Waals surface area (Å²) < 4.78 is 12.6. The molecule has 0 spiro atoms. The molecule has 1 amide bonds. The van der Waals surface area contributed by atoms with Crippen molar-refractivity contribution in [2.24, 2.45) is 0 Å². The van der Waals surface area contributed by atoms with E-state index < -0.39 is 17.9 Å². The molecular weight excluding hydrogens is 465 g/mol. The molecule has 1 fully saturated rings.